The Hall–Kier alpha value is -1.92. The van der Waals surface area contributed by atoms with Crippen LogP contribution in [0, 0.1) is 18.3 Å². The molecule has 0 N–H and O–H groups in total. The van der Waals surface area contributed by atoms with Gasteiger partial charge in [-0.1, -0.05) is 52.3 Å². The lowest BCUT2D eigenvalue weighted by Gasteiger charge is -2.10. The van der Waals surface area contributed by atoms with Gasteiger partial charge in [-0.3, -0.25) is 4.79 Å². The molecule has 0 radical (unpaired) electrons. The number of rotatable bonds is 3. The molecule has 1 unspecified atom stereocenters. The maximum Gasteiger partial charge on any atom is 0.184 e. The van der Waals surface area contributed by atoms with E-state index in [2.05, 4.69) is 22.0 Å². The molecule has 0 saturated heterocycles. The van der Waals surface area contributed by atoms with Gasteiger partial charge in [0.2, 0.25) is 0 Å². The Labute approximate surface area is 120 Å². The number of carbonyl (C=O) groups excluding carboxylic acids is 1. The molecule has 2 aromatic rings. The number of hydrogen-bond acceptors (Lipinski definition) is 2. The van der Waals surface area contributed by atoms with E-state index in [1.54, 1.807) is 12.1 Å². The first-order valence-corrected chi connectivity index (χ1v) is 6.67. The van der Waals surface area contributed by atoms with E-state index < -0.39 is 5.92 Å². The zero-order valence-corrected chi connectivity index (χ0v) is 12.0. The van der Waals surface area contributed by atoms with Crippen molar-refractivity contribution in [2.24, 2.45) is 0 Å². The van der Waals surface area contributed by atoms with Crippen molar-refractivity contribution in [3.8, 4) is 6.07 Å². The summed E-state index contributed by atoms with van der Waals surface area (Å²) in [5, 5.41) is 9.31. The molecule has 2 rings (SSSR count). The quantitative estimate of drug-likeness (QED) is 0.795. The van der Waals surface area contributed by atoms with Crippen molar-refractivity contribution >= 4 is 21.7 Å². The normalized spacial score (nSPS) is 11.6. The summed E-state index contributed by atoms with van der Waals surface area (Å²) in [5.74, 6) is -0.919. The van der Waals surface area contributed by atoms with Gasteiger partial charge in [-0.15, -0.1) is 0 Å². The van der Waals surface area contributed by atoms with E-state index in [-0.39, 0.29) is 5.78 Å². The van der Waals surface area contributed by atoms with Crippen LogP contribution < -0.4 is 0 Å². The van der Waals surface area contributed by atoms with Crippen molar-refractivity contribution < 1.29 is 4.79 Å². The second-order valence-electron chi connectivity index (χ2n) is 4.30. The van der Waals surface area contributed by atoms with Gasteiger partial charge in [0.15, 0.2) is 5.78 Å². The molecule has 0 saturated carbocycles. The molecule has 94 valence electrons. The zero-order chi connectivity index (χ0) is 13.8. The molecule has 0 bridgehead atoms. The first-order chi connectivity index (χ1) is 9.13. The minimum absolute atomic E-state index is 0.154. The minimum atomic E-state index is -0.765. The summed E-state index contributed by atoms with van der Waals surface area (Å²) in [6.07, 6.45) is 0. The zero-order valence-electron chi connectivity index (χ0n) is 10.4. The van der Waals surface area contributed by atoms with E-state index >= 15 is 0 Å². The van der Waals surface area contributed by atoms with Gasteiger partial charge in [0.05, 0.1) is 6.07 Å². The van der Waals surface area contributed by atoms with E-state index in [4.69, 9.17) is 0 Å². The molecule has 0 aliphatic heterocycles. The number of nitrogens with zero attached hydrogens (tertiary/aromatic N) is 1. The van der Waals surface area contributed by atoms with Crippen LogP contribution in [0.25, 0.3) is 0 Å². The Kier molecular flexibility index (Phi) is 4.13. The third-order valence-corrected chi connectivity index (χ3v) is 3.48. The lowest BCUT2D eigenvalue weighted by atomic mass is 9.90. The maximum absolute atomic E-state index is 12.5. The van der Waals surface area contributed by atoms with Crippen LogP contribution in [0.1, 0.15) is 27.4 Å². The predicted octanol–water partition coefficient (Wildman–Crippen LogP) is 4.25. The Bertz CT molecular complexity index is 658. The van der Waals surface area contributed by atoms with E-state index in [0.29, 0.717) is 11.1 Å². The number of aryl methyl sites for hydroxylation is 1. The highest BCUT2D eigenvalue weighted by atomic mass is 79.9. The monoisotopic (exact) mass is 313 g/mol. The summed E-state index contributed by atoms with van der Waals surface area (Å²) >= 11 is 3.36. The molecule has 0 fully saturated rings. The standard InChI is InChI=1S/C16H12BrNO/c1-11-5-2-3-8-14(11)16(19)15(10-18)12-6-4-7-13(17)9-12/h2-9,15H,1H3. The molecule has 2 nitrogen and oxygen atoms in total. The van der Waals surface area contributed by atoms with Gasteiger partial charge in [-0.05, 0) is 30.2 Å². The summed E-state index contributed by atoms with van der Waals surface area (Å²) in [7, 11) is 0. The highest BCUT2D eigenvalue weighted by Gasteiger charge is 2.22. The van der Waals surface area contributed by atoms with E-state index in [9.17, 15) is 10.1 Å². The number of nitriles is 1. The Morgan fingerprint density at radius 1 is 1.21 bits per heavy atom. The molecule has 2 aromatic carbocycles. The SMILES string of the molecule is Cc1ccccc1C(=O)C(C#N)c1cccc(Br)c1. The van der Waals surface area contributed by atoms with Crippen molar-refractivity contribution in [3.63, 3.8) is 0 Å². The van der Waals surface area contributed by atoms with Gasteiger partial charge in [0.25, 0.3) is 0 Å². The van der Waals surface area contributed by atoms with Gasteiger partial charge >= 0.3 is 0 Å². The Morgan fingerprint density at radius 3 is 2.58 bits per heavy atom. The molecule has 0 amide bonds. The Morgan fingerprint density at radius 2 is 1.95 bits per heavy atom. The molecule has 0 aliphatic carbocycles. The Balaban J connectivity index is 2.42. The lowest BCUT2D eigenvalue weighted by molar-refractivity contribution is 0.0978. The van der Waals surface area contributed by atoms with Gasteiger partial charge in [-0.25, -0.2) is 0 Å². The first kappa shape index (κ1) is 13.5. The van der Waals surface area contributed by atoms with Crippen molar-refractivity contribution in [2.45, 2.75) is 12.8 Å². The van der Waals surface area contributed by atoms with Gasteiger partial charge in [0, 0.05) is 10.0 Å². The van der Waals surface area contributed by atoms with Crippen LogP contribution in [0.3, 0.4) is 0 Å². The highest BCUT2D eigenvalue weighted by molar-refractivity contribution is 9.10. The van der Waals surface area contributed by atoms with Crippen molar-refractivity contribution in [1.82, 2.24) is 0 Å². The lowest BCUT2D eigenvalue weighted by Crippen LogP contribution is -2.12. The highest BCUT2D eigenvalue weighted by Crippen LogP contribution is 2.24. The summed E-state index contributed by atoms with van der Waals surface area (Å²) < 4.78 is 0.864. The predicted molar refractivity (Wildman–Crippen MR) is 78.0 cm³/mol. The number of hydrogen-bond donors (Lipinski definition) is 0. The van der Waals surface area contributed by atoms with Crippen LogP contribution in [-0.2, 0) is 0 Å². The van der Waals surface area contributed by atoms with Gasteiger partial charge < -0.3 is 0 Å². The van der Waals surface area contributed by atoms with Crippen LogP contribution in [-0.4, -0.2) is 5.78 Å². The van der Waals surface area contributed by atoms with E-state index in [1.165, 1.54) is 0 Å². The van der Waals surface area contributed by atoms with Gasteiger partial charge in [-0.2, -0.15) is 5.26 Å². The van der Waals surface area contributed by atoms with Crippen molar-refractivity contribution in [3.05, 3.63) is 69.7 Å². The number of Topliss-reactive ketones (excluding diaryl/α,β-unsaturated/α-hetero) is 1. The molecule has 0 aromatic heterocycles. The van der Waals surface area contributed by atoms with Crippen LogP contribution >= 0.6 is 15.9 Å². The van der Waals surface area contributed by atoms with Crippen molar-refractivity contribution in [1.29, 1.82) is 5.26 Å². The molecule has 0 aliphatic rings. The summed E-state index contributed by atoms with van der Waals surface area (Å²) in [6.45, 7) is 1.88. The second-order valence-corrected chi connectivity index (χ2v) is 5.21. The average Bonchev–Trinajstić information content (AvgIpc) is 2.40. The maximum atomic E-state index is 12.5. The molecule has 3 heteroatoms. The third kappa shape index (κ3) is 2.91. The average molecular weight is 314 g/mol. The molecular weight excluding hydrogens is 302 g/mol. The molecule has 19 heavy (non-hydrogen) atoms. The fourth-order valence-electron chi connectivity index (χ4n) is 1.98. The van der Waals surface area contributed by atoms with Gasteiger partial charge in [0.1, 0.15) is 5.92 Å². The smallest absolute Gasteiger partial charge is 0.184 e. The van der Waals surface area contributed by atoms with Crippen LogP contribution in [0.4, 0.5) is 0 Å². The topological polar surface area (TPSA) is 40.9 Å². The first-order valence-electron chi connectivity index (χ1n) is 5.88. The van der Waals surface area contributed by atoms with E-state index in [0.717, 1.165) is 10.0 Å². The third-order valence-electron chi connectivity index (χ3n) is 2.98. The number of ketones is 1. The number of benzene rings is 2. The largest absolute Gasteiger partial charge is 0.292 e. The molecule has 0 heterocycles. The summed E-state index contributed by atoms with van der Waals surface area (Å²) in [6, 6.07) is 16.7. The second kappa shape index (κ2) is 5.81. The fourth-order valence-corrected chi connectivity index (χ4v) is 2.39. The van der Waals surface area contributed by atoms with E-state index in [1.807, 2.05) is 43.3 Å². The molecule has 1 atom stereocenters. The minimum Gasteiger partial charge on any atom is -0.292 e. The molecule has 0 spiro atoms. The number of carbonyl (C=O) groups is 1. The van der Waals surface area contributed by atoms with Crippen LogP contribution in [0.2, 0.25) is 0 Å². The molecular formula is C16H12BrNO. The summed E-state index contributed by atoms with van der Waals surface area (Å²) in [5.41, 5.74) is 2.21. The van der Waals surface area contributed by atoms with Crippen molar-refractivity contribution in [2.75, 3.05) is 0 Å². The van der Waals surface area contributed by atoms with Crippen LogP contribution in [0.5, 0.6) is 0 Å². The fraction of sp³-hybridized carbons (Fsp3) is 0.125. The van der Waals surface area contributed by atoms with Crippen LogP contribution in [0.15, 0.2) is 53.0 Å². The summed E-state index contributed by atoms with van der Waals surface area (Å²) in [4.78, 5) is 12.5. The number of halogens is 1.